The van der Waals surface area contributed by atoms with E-state index in [0.29, 0.717) is 11.4 Å². The van der Waals surface area contributed by atoms with Crippen LogP contribution in [0.3, 0.4) is 0 Å². The molecule has 2 heterocycles. The lowest BCUT2D eigenvalue weighted by Crippen LogP contribution is -2.37. The second kappa shape index (κ2) is 9.65. The fraction of sp³-hybridized carbons (Fsp3) is 0.214. The largest absolute Gasteiger partial charge is 0.448 e. The molecule has 182 valence electrons. The quantitative estimate of drug-likeness (QED) is 0.397. The highest BCUT2D eigenvalue weighted by atomic mass is 16.5. The number of hydrazone groups is 1. The summed E-state index contributed by atoms with van der Waals surface area (Å²) < 4.78 is 7.63. The maximum Gasteiger partial charge on any atom is 0.355 e. The number of anilines is 2. The van der Waals surface area contributed by atoms with E-state index >= 15 is 0 Å². The zero-order chi connectivity index (χ0) is 25.2. The second-order valence-corrected chi connectivity index (χ2v) is 8.62. The number of para-hydroxylation sites is 2. The minimum Gasteiger partial charge on any atom is -0.448 e. The number of rotatable bonds is 6. The van der Waals surface area contributed by atoms with Crippen LogP contribution in [0.15, 0.2) is 77.9 Å². The van der Waals surface area contributed by atoms with Gasteiger partial charge >= 0.3 is 5.97 Å². The van der Waals surface area contributed by atoms with Gasteiger partial charge in [0.25, 0.3) is 5.91 Å². The van der Waals surface area contributed by atoms with E-state index in [4.69, 9.17) is 4.74 Å². The van der Waals surface area contributed by atoms with Crippen molar-refractivity contribution in [1.82, 2.24) is 4.57 Å². The lowest BCUT2D eigenvalue weighted by Gasteiger charge is -2.23. The molecular weight excluding hydrogens is 456 g/mol. The number of aromatic nitrogens is 1. The van der Waals surface area contributed by atoms with Crippen molar-refractivity contribution < 1.29 is 19.1 Å². The van der Waals surface area contributed by atoms with E-state index in [1.165, 1.54) is 11.9 Å². The van der Waals surface area contributed by atoms with E-state index in [2.05, 4.69) is 34.0 Å². The Morgan fingerprint density at radius 1 is 0.972 bits per heavy atom. The average Bonchev–Trinajstić information content (AvgIpc) is 3.22. The summed E-state index contributed by atoms with van der Waals surface area (Å²) in [5.74, 6) is -1.37. The highest BCUT2D eigenvalue weighted by Gasteiger charge is 2.28. The first-order valence-electron chi connectivity index (χ1n) is 11.9. The van der Waals surface area contributed by atoms with Crippen LogP contribution in [-0.4, -0.2) is 34.2 Å². The van der Waals surface area contributed by atoms with Gasteiger partial charge in [0.1, 0.15) is 5.71 Å². The van der Waals surface area contributed by atoms with Gasteiger partial charge in [0.2, 0.25) is 5.91 Å². The number of ether oxygens (including phenoxy) is 1. The molecular formula is C28H26N4O4. The van der Waals surface area contributed by atoms with Crippen molar-refractivity contribution in [2.75, 3.05) is 10.3 Å². The number of aryl methyl sites for hydroxylation is 1. The Bertz CT molecular complexity index is 1510. The summed E-state index contributed by atoms with van der Waals surface area (Å²) in [6, 6.07) is 22.8. The van der Waals surface area contributed by atoms with Crippen LogP contribution in [0, 0.1) is 0 Å². The van der Waals surface area contributed by atoms with Crippen molar-refractivity contribution in [1.29, 1.82) is 0 Å². The average molecular weight is 483 g/mol. The van der Waals surface area contributed by atoms with Gasteiger partial charge in [0.15, 0.2) is 6.10 Å². The molecule has 1 aliphatic heterocycles. The predicted octanol–water partition coefficient (Wildman–Crippen LogP) is 4.87. The van der Waals surface area contributed by atoms with Gasteiger partial charge in [-0.2, -0.15) is 5.10 Å². The van der Waals surface area contributed by atoms with E-state index in [-0.39, 0.29) is 24.5 Å². The van der Waals surface area contributed by atoms with Crippen molar-refractivity contribution >= 4 is 56.7 Å². The third-order valence-electron chi connectivity index (χ3n) is 6.28. The molecule has 36 heavy (non-hydrogen) atoms. The first-order chi connectivity index (χ1) is 17.5. The van der Waals surface area contributed by atoms with E-state index in [1.807, 2.05) is 36.4 Å². The summed E-state index contributed by atoms with van der Waals surface area (Å²) in [7, 11) is 0. The van der Waals surface area contributed by atoms with Gasteiger partial charge in [0, 0.05) is 46.9 Å². The molecule has 0 radical (unpaired) electrons. The van der Waals surface area contributed by atoms with Gasteiger partial charge < -0.3 is 14.6 Å². The number of amides is 2. The molecule has 0 aliphatic carbocycles. The number of carbonyl (C=O) groups is 3. The number of nitrogens with zero attached hydrogens (tertiary/aromatic N) is 3. The molecule has 8 nitrogen and oxygen atoms in total. The van der Waals surface area contributed by atoms with Crippen LogP contribution in [0.1, 0.15) is 26.7 Å². The Kier molecular flexibility index (Phi) is 6.25. The fourth-order valence-corrected chi connectivity index (χ4v) is 4.47. The Morgan fingerprint density at radius 3 is 2.47 bits per heavy atom. The van der Waals surface area contributed by atoms with Crippen LogP contribution in [0.2, 0.25) is 0 Å². The van der Waals surface area contributed by atoms with Crippen LogP contribution in [-0.2, 0) is 25.7 Å². The Balaban J connectivity index is 1.30. The minimum absolute atomic E-state index is 0.104. The molecule has 0 fully saturated rings. The predicted molar refractivity (Wildman–Crippen MR) is 140 cm³/mol. The number of esters is 1. The van der Waals surface area contributed by atoms with Gasteiger partial charge in [-0.15, -0.1) is 0 Å². The highest BCUT2D eigenvalue weighted by molar-refractivity contribution is 6.38. The van der Waals surface area contributed by atoms with Gasteiger partial charge in [-0.1, -0.05) is 36.4 Å². The van der Waals surface area contributed by atoms with Crippen LogP contribution >= 0.6 is 0 Å². The molecule has 1 aromatic heterocycles. The summed E-state index contributed by atoms with van der Waals surface area (Å²) in [5, 5.41) is 10.4. The van der Waals surface area contributed by atoms with Crippen molar-refractivity contribution in [3.8, 4) is 0 Å². The van der Waals surface area contributed by atoms with E-state index in [9.17, 15) is 14.4 Å². The Morgan fingerprint density at radius 2 is 1.69 bits per heavy atom. The number of nitrogens with one attached hydrogen (secondary N) is 1. The summed E-state index contributed by atoms with van der Waals surface area (Å²) in [6.45, 7) is 4.45. The molecule has 0 saturated heterocycles. The van der Waals surface area contributed by atoms with Crippen LogP contribution in [0.25, 0.3) is 21.8 Å². The molecule has 0 unspecified atom stereocenters. The SMILES string of the molecule is CCn1c2ccccc2c2cc(NC(=O)[C@@H](C)OC(=O)C3=NN(c4ccccc4)C(=O)CC3)ccc21. The van der Waals surface area contributed by atoms with E-state index in [1.54, 1.807) is 24.3 Å². The molecule has 0 saturated carbocycles. The molecule has 8 heteroatoms. The molecule has 1 aliphatic rings. The number of carbonyl (C=O) groups excluding carboxylic acids is 3. The first kappa shape index (κ1) is 23.3. The molecule has 2 amide bonds. The van der Waals surface area contributed by atoms with Crippen molar-refractivity contribution in [2.24, 2.45) is 5.10 Å². The summed E-state index contributed by atoms with van der Waals surface area (Å²) in [4.78, 5) is 37.9. The lowest BCUT2D eigenvalue weighted by molar-refractivity contribution is -0.146. The maximum atomic E-state index is 12.8. The molecule has 5 rings (SSSR count). The molecule has 3 aromatic carbocycles. The zero-order valence-electron chi connectivity index (χ0n) is 20.1. The van der Waals surface area contributed by atoms with E-state index < -0.39 is 18.0 Å². The normalized spacial score (nSPS) is 14.6. The summed E-state index contributed by atoms with van der Waals surface area (Å²) in [5.41, 5.74) is 3.51. The molecule has 1 N–H and O–H groups in total. The molecule has 0 bridgehead atoms. The smallest absolute Gasteiger partial charge is 0.355 e. The first-order valence-corrected chi connectivity index (χ1v) is 11.9. The van der Waals surface area contributed by atoms with Gasteiger partial charge in [-0.25, -0.2) is 9.80 Å². The van der Waals surface area contributed by atoms with Crippen LogP contribution < -0.4 is 10.3 Å². The number of hydrogen-bond donors (Lipinski definition) is 1. The highest BCUT2D eigenvalue weighted by Crippen LogP contribution is 2.31. The Labute approximate surface area is 208 Å². The number of fused-ring (bicyclic) bond motifs is 3. The van der Waals surface area contributed by atoms with Gasteiger partial charge in [-0.3, -0.25) is 9.59 Å². The maximum absolute atomic E-state index is 12.8. The molecule has 1 atom stereocenters. The number of hydrogen-bond acceptors (Lipinski definition) is 5. The van der Waals surface area contributed by atoms with Gasteiger partial charge in [0.05, 0.1) is 5.69 Å². The summed E-state index contributed by atoms with van der Waals surface area (Å²) in [6.07, 6.45) is -0.752. The monoisotopic (exact) mass is 482 g/mol. The lowest BCUT2D eigenvalue weighted by atomic mass is 10.1. The molecule has 0 spiro atoms. The number of benzene rings is 3. The summed E-state index contributed by atoms with van der Waals surface area (Å²) >= 11 is 0. The minimum atomic E-state index is -1.05. The zero-order valence-corrected chi connectivity index (χ0v) is 20.1. The molecule has 4 aromatic rings. The topological polar surface area (TPSA) is 93.0 Å². The van der Waals surface area contributed by atoms with Gasteiger partial charge in [-0.05, 0) is 50.2 Å². The standard InChI is InChI=1S/C28H26N4O4/c1-3-31-24-12-8-7-11-21(24)22-17-19(13-15-25(22)31)29-27(34)18(2)36-28(35)23-14-16-26(33)32(30-23)20-9-5-4-6-10-20/h4-13,15,17-18H,3,14,16H2,1-2H3,(H,29,34)/t18-/m1/s1. The van der Waals surface area contributed by atoms with Crippen molar-refractivity contribution in [2.45, 2.75) is 39.3 Å². The van der Waals surface area contributed by atoms with E-state index in [0.717, 1.165) is 28.4 Å². The van der Waals surface area contributed by atoms with Crippen molar-refractivity contribution in [3.05, 3.63) is 72.8 Å². The third-order valence-corrected chi connectivity index (χ3v) is 6.28. The Hall–Kier alpha value is -4.46. The van der Waals surface area contributed by atoms with Crippen LogP contribution in [0.4, 0.5) is 11.4 Å². The van der Waals surface area contributed by atoms with Crippen molar-refractivity contribution in [3.63, 3.8) is 0 Å². The van der Waals surface area contributed by atoms with Crippen LogP contribution in [0.5, 0.6) is 0 Å². The second-order valence-electron chi connectivity index (χ2n) is 8.62. The third kappa shape index (κ3) is 4.33. The fourth-order valence-electron chi connectivity index (χ4n) is 4.47.